The molecule has 1 spiro atoms. The Morgan fingerprint density at radius 3 is 2.52 bits per heavy atom. The van der Waals surface area contributed by atoms with Crippen molar-refractivity contribution in [2.75, 3.05) is 19.8 Å². The highest BCUT2D eigenvalue weighted by Crippen LogP contribution is 2.63. The van der Waals surface area contributed by atoms with Crippen LogP contribution >= 0.6 is 0 Å². The van der Waals surface area contributed by atoms with Crippen molar-refractivity contribution in [3.63, 3.8) is 0 Å². The minimum absolute atomic E-state index is 0.00720. The van der Waals surface area contributed by atoms with Gasteiger partial charge in [0.1, 0.15) is 0 Å². The molecule has 5 atom stereocenters. The van der Waals surface area contributed by atoms with Crippen molar-refractivity contribution in [2.24, 2.45) is 29.6 Å². The summed E-state index contributed by atoms with van der Waals surface area (Å²) < 4.78 is 72.9. The topological polar surface area (TPSA) is 99.1 Å². The van der Waals surface area contributed by atoms with Crippen molar-refractivity contribution in [2.45, 2.75) is 36.7 Å². The zero-order valence-electron chi connectivity index (χ0n) is 13.4. The molecule has 1 saturated heterocycles. The lowest BCUT2D eigenvalue weighted by Crippen LogP contribution is -2.63. The molecule has 4 saturated carbocycles. The fourth-order valence-corrected chi connectivity index (χ4v) is 5.63. The second-order valence-corrected chi connectivity index (χ2v) is 9.08. The van der Waals surface area contributed by atoms with Crippen LogP contribution in [0, 0.1) is 29.6 Å². The number of halogens is 2. The van der Waals surface area contributed by atoms with Crippen molar-refractivity contribution >= 4 is 16.1 Å². The van der Waals surface area contributed by atoms with Crippen molar-refractivity contribution in [3.05, 3.63) is 0 Å². The van der Waals surface area contributed by atoms with E-state index in [9.17, 15) is 22.0 Å². The Morgan fingerprint density at radius 2 is 1.88 bits per heavy atom. The van der Waals surface area contributed by atoms with E-state index in [2.05, 4.69) is 4.74 Å². The molecule has 0 aromatic rings. The maximum Gasteiger partial charge on any atom is 0.402 e. The van der Waals surface area contributed by atoms with Gasteiger partial charge in [-0.15, -0.1) is 0 Å². The second-order valence-electron chi connectivity index (χ2n) is 7.54. The Labute approximate surface area is 143 Å². The van der Waals surface area contributed by atoms with Crippen LogP contribution in [0.15, 0.2) is 0 Å². The third kappa shape index (κ3) is 2.60. The van der Waals surface area contributed by atoms with E-state index in [0.29, 0.717) is 32.0 Å². The third-order valence-corrected chi connectivity index (χ3v) is 7.10. The number of esters is 1. The molecule has 7 nitrogen and oxygen atoms in total. The lowest BCUT2D eigenvalue weighted by Gasteiger charge is -2.60. The number of rotatable bonds is 4. The number of hydrogen-bond donors (Lipinski definition) is 1. The van der Waals surface area contributed by atoms with Gasteiger partial charge in [0.15, 0.2) is 12.4 Å². The highest BCUT2D eigenvalue weighted by atomic mass is 32.2. The van der Waals surface area contributed by atoms with Gasteiger partial charge in [-0.25, -0.2) is 0 Å². The quantitative estimate of drug-likeness (QED) is 0.580. The number of alkyl halides is 2. The molecule has 0 amide bonds. The smallest absolute Gasteiger partial charge is 0.402 e. The first-order chi connectivity index (χ1) is 11.6. The third-order valence-electron chi connectivity index (χ3n) is 6.23. The summed E-state index contributed by atoms with van der Waals surface area (Å²) in [5.74, 6) is -1.95. The van der Waals surface area contributed by atoms with E-state index in [-0.39, 0.29) is 17.8 Å². The molecule has 4 aliphatic carbocycles. The van der Waals surface area contributed by atoms with E-state index in [0.717, 1.165) is 12.8 Å². The monoisotopic (exact) mass is 382 g/mol. The summed E-state index contributed by atoms with van der Waals surface area (Å²) in [6.07, 6.45) is 3.23. The van der Waals surface area contributed by atoms with Gasteiger partial charge in [0.25, 0.3) is 0 Å². The Hall–Kier alpha value is -0.840. The summed E-state index contributed by atoms with van der Waals surface area (Å²) in [4.78, 5) is 12.5. The van der Waals surface area contributed by atoms with Crippen LogP contribution in [0.1, 0.15) is 25.7 Å². The van der Waals surface area contributed by atoms with Gasteiger partial charge >= 0.3 is 21.3 Å². The molecule has 1 N–H and O–H groups in total. The maximum atomic E-state index is 13.3. The molecule has 5 rings (SSSR count). The standard InChI is InChI=1S/C15H20F2O7S/c16-14(17,25(19,20)21)7-22-13(18)12-9-3-8-4-10(6-9)15(11(12)5-8)23-1-2-24-15/h8-12H,1-7H2,(H,19,20,21). The van der Waals surface area contributed by atoms with Gasteiger partial charge in [-0.1, -0.05) is 0 Å². The summed E-state index contributed by atoms with van der Waals surface area (Å²) in [5, 5.41) is -4.52. The number of hydrogen-bond acceptors (Lipinski definition) is 6. The van der Waals surface area contributed by atoms with Gasteiger partial charge in [0, 0.05) is 11.8 Å². The Morgan fingerprint density at radius 1 is 1.20 bits per heavy atom. The molecule has 0 aromatic heterocycles. The molecule has 0 radical (unpaired) electrons. The largest absolute Gasteiger partial charge is 0.458 e. The highest BCUT2D eigenvalue weighted by molar-refractivity contribution is 7.86. The summed E-state index contributed by atoms with van der Waals surface area (Å²) in [5.41, 5.74) is 0. The van der Waals surface area contributed by atoms with Crippen LogP contribution in [0.3, 0.4) is 0 Å². The Bertz CT molecular complexity index is 673. The fourth-order valence-electron chi connectivity index (χ4n) is 5.43. The number of ether oxygens (including phenoxy) is 3. The normalized spacial score (nSPS) is 39.1. The highest BCUT2D eigenvalue weighted by Gasteiger charge is 2.66. The van der Waals surface area contributed by atoms with E-state index in [1.54, 1.807) is 0 Å². The second kappa shape index (κ2) is 5.58. The van der Waals surface area contributed by atoms with Crippen LogP contribution in [0.5, 0.6) is 0 Å². The molecule has 142 valence electrons. The van der Waals surface area contributed by atoms with Crippen LogP contribution in [0.25, 0.3) is 0 Å². The lowest BCUT2D eigenvalue weighted by molar-refractivity contribution is -0.304. The van der Waals surface area contributed by atoms with E-state index < -0.39 is 39.7 Å². The summed E-state index contributed by atoms with van der Waals surface area (Å²) in [6.45, 7) is -0.821. The molecule has 5 aliphatic rings. The predicted molar refractivity (Wildman–Crippen MR) is 78.0 cm³/mol. The molecular weight excluding hydrogens is 362 g/mol. The molecular formula is C15H20F2O7S. The van der Waals surface area contributed by atoms with Gasteiger partial charge in [-0.2, -0.15) is 17.2 Å². The Balaban J connectivity index is 1.53. The summed E-state index contributed by atoms with van der Waals surface area (Å²) >= 11 is 0. The average molecular weight is 382 g/mol. The van der Waals surface area contributed by atoms with Gasteiger partial charge in [-0.3, -0.25) is 9.35 Å². The minimum Gasteiger partial charge on any atom is -0.458 e. The molecule has 0 aromatic carbocycles. The van der Waals surface area contributed by atoms with Crippen LogP contribution in [-0.2, 0) is 29.1 Å². The molecule has 1 heterocycles. The van der Waals surface area contributed by atoms with Crippen molar-refractivity contribution in [3.8, 4) is 0 Å². The fraction of sp³-hybridized carbons (Fsp3) is 0.933. The molecule has 5 fully saturated rings. The maximum absolute atomic E-state index is 13.3. The summed E-state index contributed by atoms with van der Waals surface area (Å²) in [7, 11) is -5.63. The van der Waals surface area contributed by atoms with Gasteiger partial charge in [0.05, 0.1) is 19.1 Å². The van der Waals surface area contributed by atoms with Gasteiger partial charge in [0.2, 0.25) is 0 Å². The van der Waals surface area contributed by atoms with E-state index in [1.165, 1.54) is 0 Å². The zero-order valence-corrected chi connectivity index (χ0v) is 14.2. The Kier molecular flexibility index (Phi) is 3.92. The van der Waals surface area contributed by atoms with Crippen molar-refractivity contribution in [1.82, 2.24) is 0 Å². The SMILES string of the molecule is O=C(OCC(F)(F)S(=O)(=O)O)C1C2CC3CC(C2)C2(OCCO2)C1C3. The van der Waals surface area contributed by atoms with Gasteiger partial charge < -0.3 is 14.2 Å². The van der Waals surface area contributed by atoms with Crippen LogP contribution in [-0.4, -0.2) is 49.8 Å². The number of carbonyl (C=O) groups excluding carboxylic acids is 1. The predicted octanol–water partition coefficient (Wildman–Crippen LogP) is 1.44. The first-order valence-corrected chi connectivity index (χ1v) is 9.87. The van der Waals surface area contributed by atoms with Gasteiger partial charge in [-0.05, 0) is 37.5 Å². The van der Waals surface area contributed by atoms with Crippen molar-refractivity contribution < 1.29 is 40.8 Å². The van der Waals surface area contributed by atoms with Crippen molar-refractivity contribution in [1.29, 1.82) is 0 Å². The average Bonchev–Trinajstić information content (AvgIpc) is 2.99. The summed E-state index contributed by atoms with van der Waals surface area (Å²) in [6, 6.07) is 0. The molecule has 5 unspecified atom stereocenters. The van der Waals surface area contributed by atoms with E-state index in [1.807, 2.05) is 0 Å². The lowest BCUT2D eigenvalue weighted by atomic mass is 9.49. The van der Waals surface area contributed by atoms with Crippen LogP contribution in [0.4, 0.5) is 8.78 Å². The molecule has 25 heavy (non-hydrogen) atoms. The zero-order chi connectivity index (χ0) is 18.0. The first-order valence-electron chi connectivity index (χ1n) is 8.43. The molecule has 1 aliphatic heterocycles. The molecule has 10 heteroatoms. The van der Waals surface area contributed by atoms with E-state index >= 15 is 0 Å². The first kappa shape index (κ1) is 17.6. The van der Waals surface area contributed by atoms with Crippen LogP contribution in [0.2, 0.25) is 0 Å². The van der Waals surface area contributed by atoms with E-state index in [4.69, 9.17) is 14.0 Å². The minimum atomic E-state index is -5.63. The number of carbonyl (C=O) groups is 1. The molecule has 4 bridgehead atoms. The van der Waals surface area contributed by atoms with Crippen LogP contribution < -0.4 is 0 Å².